The zero-order valence-electron chi connectivity index (χ0n) is 7.60. The summed E-state index contributed by atoms with van der Waals surface area (Å²) < 4.78 is 0. The van der Waals surface area contributed by atoms with Crippen LogP contribution in [0.4, 0.5) is 0 Å². The van der Waals surface area contributed by atoms with Crippen molar-refractivity contribution >= 4 is 0 Å². The van der Waals surface area contributed by atoms with E-state index >= 15 is 0 Å². The van der Waals surface area contributed by atoms with Gasteiger partial charge < -0.3 is 0 Å². The van der Waals surface area contributed by atoms with Gasteiger partial charge >= 0.3 is 0 Å². The van der Waals surface area contributed by atoms with Crippen LogP contribution in [-0.2, 0) is 0 Å². The molecule has 2 heterocycles. The van der Waals surface area contributed by atoms with Crippen molar-refractivity contribution in [1.29, 1.82) is 0 Å². The number of nitrogens with zero attached hydrogens (tertiary/aromatic N) is 1. The Hall–Kier alpha value is -0.0400. The van der Waals surface area contributed by atoms with E-state index in [4.69, 9.17) is 0 Å². The van der Waals surface area contributed by atoms with Crippen LogP contribution in [0.25, 0.3) is 0 Å². The largest absolute Gasteiger partial charge is 0.298 e. The smallest absolute Gasteiger partial charge is 0.0210 e. The lowest BCUT2D eigenvalue weighted by Crippen LogP contribution is -2.37. The molecule has 0 amide bonds. The molecule has 2 aliphatic rings. The third kappa shape index (κ3) is 1.10. The molecule has 0 aromatic rings. The van der Waals surface area contributed by atoms with Crippen molar-refractivity contribution in [2.75, 3.05) is 13.1 Å². The molecule has 11 heavy (non-hydrogen) atoms. The van der Waals surface area contributed by atoms with Gasteiger partial charge in [-0.15, -0.1) is 0 Å². The standard InChI is InChI=1S/C10H19N/c1-2-5-10-6-3-8-11(10)9-4-7-10/h2-9H2,1H3. The molecular weight excluding hydrogens is 134 g/mol. The minimum absolute atomic E-state index is 0.689. The maximum absolute atomic E-state index is 2.75. The van der Waals surface area contributed by atoms with Crippen LogP contribution in [0.15, 0.2) is 0 Å². The molecule has 0 unspecified atom stereocenters. The lowest BCUT2D eigenvalue weighted by atomic mass is 9.89. The van der Waals surface area contributed by atoms with Gasteiger partial charge in [0.05, 0.1) is 0 Å². The van der Waals surface area contributed by atoms with Gasteiger partial charge in [0.2, 0.25) is 0 Å². The number of rotatable bonds is 2. The maximum atomic E-state index is 2.75. The fourth-order valence-electron chi connectivity index (χ4n) is 3.10. The quantitative estimate of drug-likeness (QED) is 0.589. The second-order valence-electron chi connectivity index (χ2n) is 4.17. The zero-order chi connectivity index (χ0) is 7.73. The molecule has 2 fully saturated rings. The number of hydrogen-bond donors (Lipinski definition) is 0. The summed E-state index contributed by atoms with van der Waals surface area (Å²) in [6.45, 7) is 5.10. The second-order valence-corrected chi connectivity index (χ2v) is 4.17. The Morgan fingerprint density at radius 2 is 1.82 bits per heavy atom. The highest BCUT2D eigenvalue weighted by atomic mass is 15.2. The topological polar surface area (TPSA) is 3.24 Å². The van der Waals surface area contributed by atoms with Crippen molar-refractivity contribution in [2.24, 2.45) is 0 Å². The summed E-state index contributed by atoms with van der Waals surface area (Å²) in [6, 6.07) is 0. The molecule has 0 saturated carbocycles. The third-order valence-electron chi connectivity index (χ3n) is 3.53. The number of fused-ring (bicyclic) bond motifs is 1. The van der Waals surface area contributed by atoms with E-state index in [0.29, 0.717) is 5.54 Å². The van der Waals surface area contributed by atoms with Gasteiger partial charge in [0, 0.05) is 5.54 Å². The van der Waals surface area contributed by atoms with Gasteiger partial charge in [-0.25, -0.2) is 0 Å². The maximum Gasteiger partial charge on any atom is 0.0210 e. The highest BCUT2D eigenvalue weighted by molar-refractivity contribution is 4.99. The molecule has 0 bridgehead atoms. The molecule has 0 aromatic heterocycles. The molecular formula is C10H19N. The first-order valence-electron chi connectivity index (χ1n) is 5.12. The van der Waals surface area contributed by atoms with Crippen molar-refractivity contribution < 1.29 is 0 Å². The van der Waals surface area contributed by atoms with Gasteiger partial charge in [0.15, 0.2) is 0 Å². The van der Waals surface area contributed by atoms with Crippen LogP contribution >= 0.6 is 0 Å². The monoisotopic (exact) mass is 153 g/mol. The Labute approximate surface area is 69.8 Å². The van der Waals surface area contributed by atoms with E-state index < -0.39 is 0 Å². The molecule has 1 heteroatoms. The van der Waals surface area contributed by atoms with Crippen molar-refractivity contribution in [3.8, 4) is 0 Å². The molecule has 0 radical (unpaired) electrons. The molecule has 0 atom stereocenters. The van der Waals surface area contributed by atoms with Crippen LogP contribution in [-0.4, -0.2) is 23.5 Å². The zero-order valence-corrected chi connectivity index (χ0v) is 7.60. The van der Waals surface area contributed by atoms with Crippen molar-refractivity contribution in [3.05, 3.63) is 0 Å². The molecule has 1 nitrogen and oxygen atoms in total. The average molecular weight is 153 g/mol. The first-order valence-corrected chi connectivity index (χ1v) is 5.12. The van der Waals surface area contributed by atoms with Crippen LogP contribution in [0.1, 0.15) is 45.4 Å². The fraction of sp³-hybridized carbons (Fsp3) is 1.00. The van der Waals surface area contributed by atoms with E-state index in [1.807, 2.05) is 0 Å². The molecule has 2 saturated heterocycles. The van der Waals surface area contributed by atoms with Crippen LogP contribution < -0.4 is 0 Å². The van der Waals surface area contributed by atoms with Gasteiger partial charge in [-0.05, 0) is 45.2 Å². The van der Waals surface area contributed by atoms with Gasteiger partial charge in [0.25, 0.3) is 0 Å². The summed E-state index contributed by atoms with van der Waals surface area (Å²) >= 11 is 0. The molecule has 0 spiro atoms. The third-order valence-corrected chi connectivity index (χ3v) is 3.53. The lowest BCUT2D eigenvalue weighted by molar-refractivity contribution is 0.181. The highest BCUT2D eigenvalue weighted by Gasteiger charge is 2.42. The van der Waals surface area contributed by atoms with E-state index in [1.54, 1.807) is 0 Å². The summed E-state index contributed by atoms with van der Waals surface area (Å²) in [5.74, 6) is 0. The van der Waals surface area contributed by atoms with Crippen LogP contribution in [0, 0.1) is 0 Å². The van der Waals surface area contributed by atoms with E-state index in [0.717, 1.165) is 0 Å². The minimum atomic E-state index is 0.689. The Morgan fingerprint density at radius 1 is 1.18 bits per heavy atom. The second kappa shape index (κ2) is 2.78. The fourth-order valence-corrected chi connectivity index (χ4v) is 3.10. The van der Waals surface area contributed by atoms with Crippen LogP contribution in [0.3, 0.4) is 0 Å². The van der Waals surface area contributed by atoms with E-state index in [9.17, 15) is 0 Å². The Balaban J connectivity index is 2.07. The van der Waals surface area contributed by atoms with Gasteiger partial charge in [-0.2, -0.15) is 0 Å². The van der Waals surface area contributed by atoms with Gasteiger partial charge in [-0.3, -0.25) is 4.90 Å². The minimum Gasteiger partial charge on any atom is -0.298 e. The number of hydrogen-bond acceptors (Lipinski definition) is 1. The predicted molar refractivity (Wildman–Crippen MR) is 47.7 cm³/mol. The van der Waals surface area contributed by atoms with Gasteiger partial charge in [0.1, 0.15) is 0 Å². The molecule has 2 rings (SSSR count). The molecule has 0 N–H and O–H groups in total. The first-order chi connectivity index (χ1) is 5.37. The highest BCUT2D eigenvalue weighted by Crippen LogP contribution is 2.41. The summed E-state index contributed by atoms with van der Waals surface area (Å²) in [6.07, 6.45) is 8.71. The molecule has 0 aromatic carbocycles. The lowest BCUT2D eigenvalue weighted by Gasteiger charge is -2.31. The van der Waals surface area contributed by atoms with Crippen LogP contribution in [0.5, 0.6) is 0 Å². The summed E-state index contributed by atoms with van der Waals surface area (Å²) in [5, 5.41) is 0. The molecule has 64 valence electrons. The Kier molecular flexibility index (Phi) is 1.92. The van der Waals surface area contributed by atoms with E-state index in [-0.39, 0.29) is 0 Å². The summed E-state index contributed by atoms with van der Waals surface area (Å²) in [5.41, 5.74) is 0.689. The van der Waals surface area contributed by atoms with Crippen molar-refractivity contribution in [2.45, 2.75) is 51.0 Å². The normalized spacial score (nSPS) is 29.2. The Morgan fingerprint density at radius 3 is 2.36 bits per heavy atom. The summed E-state index contributed by atoms with van der Waals surface area (Å²) in [7, 11) is 0. The SMILES string of the molecule is CCCC12CCCN1CCC2. The first kappa shape index (κ1) is 7.60. The Bertz CT molecular complexity index is 132. The van der Waals surface area contributed by atoms with Crippen LogP contribution in [0.2, 0.25) is 0 Å². The van der Waals surface area contributed by atoms with E-state index in [1.165, 1.54) is 51.6 Å². The average Bonchev–Trinajstić information content (AvgIpc) is 2.45. The predicted octanol–water partition coefficient (Wildman–Crippen LogP) is 2.41. The summed E-state index contributed by atoms with van der Waals surface area (Å²) in [4.78, 5) is 2.75. The van der Waals surface area contributed by atoms with Gasteiger partial charge in [-0.1, -0.05) is 13.3 Å². The molecule has 0 aliphatic carbocycles. The van der Waals surface area contributed by atoms with E-state index in [2.05, 4.69) is 11.8 Å². The van der Waals surface area contributed by atoms with Crippen molar-refractivity contribution in [3.63, 3.8) is 0 Å². The molecule has 2 aliphatic heterocycles. The van der Waals surface area contributed by atoms with Crippen molar-refractivity contribution in [1.82, 2.24) is 4.90 Å².